The number of nitrogens with zero attached hydrogens (tertiary/aromatic N) is 5. The molecule has 0 radical (unpaired) electrons. The first kappa shape index (κ1) is 13.5. The van der Waals surface area contributed by atoms with Crippen molar-refractivity contribution in [2.75, 3.05) is 36.0 Å². The van der Waals surface area contributed by atoms with E-state index in [-0.39, 0.29) is 0 Å². The van der Waals surface area contributed by atoms with Crippen LogP contribution >= 0.6 is 11.6 Å². The maximum atomic E-state index is 6.14. The van der Waals surface area contributed by atoms with Gasteiger partial charge >= 0.3 is 0 Å². The van der Waals surface area contributed by atoms with Crippen LogP contribution < -0.4 is 9.80 Å². The maximum absolute atomic E-state index is 6.14. The van der Waals surface area contributed by atoms with E-state index < -0.39 is 0 Å². The van der Waals surface area contributed by atoms with Crippen LogP contribution in [0.15, 0.2) is 0 Å². The molecular weight excluding hydrogens is 290 g/mol. The third kappa shape index (κ3) is 2.55. The van der Waals surface area contributed by atoms with Gasteiger partial charge in [0.1, 0.15) is 0 Å². The van der Waals surface area contributed by atoms with Crippen molar-refractivity contribution >= 4 is 23.5 Å². The highest BCUT2D eigenvalue weighted by molar-refractivity contribution is 6.28. The monoisotopic (exact) mass is 309 g/mol. The normalized spacial score (nSPS) is 29.0. The summed E-state index contributed by atoms with van der Waals surface area (Å²) in [5.74, 6) is 1.45. The predicted molar refractivity (Wildman–Crippen MR) is 81.0 cm³/mol. The van der Waals surface area contributed by atoms with Gasteiger partial charge in [-0.05, 0) is 43.7 Å². The van der Waals surface area contributed by atoms with Crippen molar-refractivity contribution in [1.29, 1.82) is 0 Å². The Morgan fingerprint density at radius 2 is 1.76 bits per heavy atom. The largest absolute Gasteiger partial charge is 0.374 e. The van der Waals surface area contributed by atoms with Crippen LogP contribution in [0.1, 0.15) is 32.1 Å². The van der Waals surface area contributed by atoms with E-state index >= 15 is 0 Å². The molecule has 0 bridgehead atoms. The summed E-state index contributed by atoms with van der Waals surface area (Å²) in [6, 6.07) is 0.392. The van der Waals surface area contributed by atoms with E-state index in [0.29, 0.717) is 17.4 Å². The van der Waals surface area contributed by atoms with E-state index in [1.807, 2.05) is 0 Å². The Kier molecular flexibility index (Phi) is 3.59. The molecule has 2 atom stereocenters. The van der Waals surface area contributed by atoms with E-state index in [1.54, 1.807) is 0 Å². The number of aromatic nitrogens is 3. The Hall–Kier alpha value is -1.14. The predicted octanol–water partition coefficient (Wildman–Crippen LogP) is 1.88. The van der Waals surface area contributed by atoms with Gasteiger partial charge in [0.2, 0.25) is 17.2 Å². The van der Waals surface area contributed by atoms with E-state index in [1.165, 1.54) is 19.3 Å². The first-order valence-corrected chi connectivity index (χ1v) is 8.24. The number of ether oxygens (including phenoxy) is 1. The van der Waals surface area contributed by atoms with Gasteiger partial charge in [0.15, 0.2) is 0 Å². The molecule has 1 saturated carbocycles. The van der Waals surface area contributed by atoms with Gasteiger partial charge in [-0.1, -0.05) is 0 Å². The standard InChI is InChI=1S/C14H20ClN5O/c15-12-16-13(19-6-1-2-7-19)18-14(17-12)20-8-9-21-11-5-3-4-10(11)20/h10-11H,1-9H2. The lowest BCUT2D eigenvalue weighted by Crippen LogP contribution is -2.49. The molecule has 0 N–H and O–H groups in total. The summed E-state index contributed by atoms with van der Waals surface area (Å²) in [5, 5.41) is 0.294. The summed E-state index contributed by atoms with van der Waals surface area (Å²) in [5.41, 5.74) is 0. The summed E-state index contributed by atoms with van der Waals surface area (Å²) in [6.45, 7) is 3.59. The quantitative estimate of drug-likeness (QED) is 0.831. The Morgan fingerprint density at radius 1 is 0.952 bits per heavy atom. The topological polar surface area (TPSA) is 54.4 Å². The molecule has 2 aliphatic heterocycles. The summed E-state index contributed by atoms with van der Waals surface area (Å²) in [7, 11) is 0. The molecule has 4 rings (SSSR count). The van der Waals surface area contributed by atoms with Crippen LogP contribution in [0.25, 0.3) is 0 Å². The molecule has 21 heavy (non-hydrogen) atoms. The van der Waals surface area contributed by atoms with Gasteiger partial charge in [0.05, 0.1) is 18.8 Å². The minimum Gasteiger partial charge on any atom is -0.374 e. The Labute approximate surface area is 129 Å². The molecule has 1 aromatic heterocycles. The summed E-state index contributed by atoms with van der Waals surface area (Å²) in [6.07, 6.45) is 6.21. The van der Waals surface area contributed by atoms with Gasteiger partial charge in [-0.25, -0.2) is 0 Å². The fraction of sp³-hybridized carbons (Fsp3) is 0.786. The molecule has 1 aromatic rings. The van der Waals surface area contributed by atoms with Crippen LogP contribution in [0.3, 0.4) is 0 Å². The van der Waals surface area contributed by atoms with Gasteiger partial charge < -0.3 is 14.5 Å². The van der Waals surface area contributed by atoms with Gasteiger partial charge in [-0.15, -0.1) is 0 Å². The summed E-state index contributed by atoms with van der Waals surface area (Å²) >= 11 is 6.14. The smallest absolute Gasteiger partial charge is 0.231 e. The lowest BCUT2D eigenvalue weighted by Gasteiger charge is -2.37. The third-order valence-electron chi connectivity index (χ3n) is 4.71. The average molecular weight is 310 g/mol. The van der Waals surface area contributed by atoms with Crippen molar-refractivity contribution in [3.8, 4) is 0 Å². The lowest BCUT2D eigenvalue weighted by molar-refractivity contribution is 0.0250. The molecule has 0 spiro atoms. The minimum absolute atomic E-state index is 0.294. The Bertz CT molecular complexity index is 522. The highest BCUT2D eigenvalue weighted by Crippen LogP contribution is 2.32. The van der Waals surface area contributed by atoms with Gasteiger partial charge in [0, 0.05) is 19.6 Å². The molecule has 3 aliphatic rings. The summed E-state index contributed by atoms with van der Waals surface area (Å²) < 4.78 is 5.86. The zero-order valence-corrected chi connectivity index (χ0v) is 12.8. The summed E-state index contributed by atoms with van der Waals surface area (Å²) in [4.78, 5) is 17.8. The van der Waals surface area contributed by atoms with Crippen molar-refractivity contribution in [3.05, 3.63) is 5.28 Å². The van der Waals surface area contributed by atoms with Crippen molar-refractivity contribution in [2.24, 2.45) is 0 Å². The van der Waals surface area contributed by atoms with Crippen molar-refractivity contribution in [2.45, 2.75) is 44.2 Å². The van der Waals surface area contributed by atoms with Crippen molar-refractivity contribution < 1.29 is 4.74 Å². The molecule has 114 valence electrons. The molecule has 7 heteroatoms. The number of fused-ring (bicyclic) bond motifs is 1. The van der Waals surface area contributed by atoms with E-state index in [9.17, 15) is 0 Å². The van der Waals surface area contributed by atoms with Crippen molar-refractivity contribution in [1.82, 2.24) is 15.0 Å². The van der Waals surface area contributed by atoms with E-state index in [0.717, 1.165) is 51.0 Å². The molecule has 0 amide bonds. The van der Waals surface area contributed by atoms with Crippen LogP contribution in [0, 0.1) is 0 Å². The van der Waals surface area contributed by atoms with Crippen LogP contribution in [0.2, 0.25) is 5.28 Å². The Morgan fingerprint density at radius 3 is 2.62 bits per heavy atom. The number of morpholine rings is 1. The molecule has 2 unspecified atom stereocenters. The SMILES string of the molecule is Clc1nc(N2CCCC2)nc(N2CCOC3CCCC32)n1. The Balaban J connectivity index is 1.64. The molecule has 0 aromatic carbocycles. The third-order valence-corrected chi connectivity index (χ3v) is 4.88. The van der Waals surface area contributed by atoms with Gasteiger partial charge in [0.25, 0.3) is 0 Å². The number of rotatable bonds is 2. The van der Waals surface area contributed by atoms with Crippen LogP contribution in [0.4, 0.5) is 11.9 Å². The van der Waals surface area contributed by atoms with Crippen LogP contribution in [-0.2, 0) is 4.74 Å². The number of anilines is 2. The highest BCUT2D eigenvalue weighted by Gasteiger charge is 2.37. The van der Waals surface area contributed by atoms with E-state index in [2.05, 4.69) is 24.8 Å². The molecule has 2 saturated heterocycles. The highest BCUT2D eigenvalue weighted by atomic mass is 35.5. The lowest BCUT2D eigenvalue weighted by atomic mass is 10.1. The number of hydrogen-bond donors (Lipinski definition) is 0. The zero-order valence-electron chi connectivity index (χ0n) is 12.0. The van der Waals surface area contributed by atoms with Crippen LogP contribution in [-0.4, -0.2) is 53.3 Å². The first-order chi connectivity index (χ1) is 10.3. The molecule has 6 nitrogen and oxygen atoms in total. The van der Waals surface area contributed by atoms with Gasteiger partial charge in [-0.3, -0.25) is 0 Å². The fourth-order valence-corrected chi connectivity index (χ4v) is 3.84. The van der Waals surface area contributed by atoms with Crippen LogP contribution in [0.5, 0.6) is 0 Å². The second kappa shape index (κ2) is 5.57. The molecule has 3 fully saturated rings. The minimum atomic E-state index is 0.294. The maximum Gasteiger partial charge on any atom is 0.231 e. The zero-order chi connectivity index (χ0) is 14.2. The second-order valence-corrected chi connectivity index (χ2v) is 6.34. The number of hydrogen-bond acceptors (Lipinski definition) is 6. The van der Waals surface area contributed by atoms with Gasteiger partial charge in [-0.2, -0.15) is 15.0 Å². The van der Waals surface area contributed by atoms with E-state index in [4.69, 9.17) is 16.3 Å². The average Bonchev–Trinajstić information content (AvgIpc) is 3.17. The number of halogens is 1. The van der Waals surface area contributed by atoms with Crippen molar-refractivity contribution in [3.63, 3.8) is 0 Å². The fourth-order valence-electron chi connectivity index (χ4n) is 3.69. The first-order valence-electron chi connectivity index (χ1n) is 7.86. The molecule has 3 heterocycles. The second-order valence-electron chi connectivity index (χ2n) is 6.00. The molecular formula is C14H20ClN5O. The molecule has 1 aliphatic carbocycles.